The van der Waals surface area contributed by atoms with Crippen LogP contribution in [0.3, 0.4) is 0 Å². The highest BCUT2D eigenvalue weighted by Crippen LogP contribution is 2.29. The van der Waals surface area contributed by atoms with E-state index in [0.29, 0.717) is 18.9 Å². The predicted octanol–water partition coefficient (Wildman–Crippen LogP) is 1.50. The molecule has 0 atom stereocenters. The number of nitrogens with zero attached hydrogens (tertiary/aromatic N) is 1. The van der Waals surface area contributed by atoms with E-state index in [-0.39, 0.29) is 5.69 Å². The Bertz CT molecular complexity index is 353. The molecule has 0 aliphatic carbocycles. The molecule has 0 unspecified atom stereocenters. The summed E-state index contributed by atoms with van der Waals surface area (Å²) in [6, 6.07) is 4.89. The van der Waals surface area contributed by atoms with Crippen LogP contribution in [0.4, 0.5) is 5.69 Å². The molecule has 15 heavy (non-hydrogen) atoms. The molecule has 0 saturated heterocycles. The van der Waals surface area contributed by atoms with Crippen molar-refractivity contribution in [3.05, 3.63) is 33.9 Å². The van der Waals surface area contributed by atoms with Crippen LogP contribution in [0.15, 0.2) is 18.2 Å². The Hall–Kier alpha value is -1.62. The molecular weight excluding hydrogens is 196 g/mol. The zero-order chi connectivity index (χ0) is 11.3. The van der Waals surface area contributed by atoms with Gasteiger partial charge in [0, 0.05) is 12.6 Å². The highest BCUT2D eigenvalue weighted by Gasteiger charge is 2.16. The number of likely N-dealkylation sites (N-methyl/N-ethyl adjacent to an activating group) is 1. The van der Waals surface area contributed by atoms with Crippen molar-refractivity contribution in [2.45, 2.75) is 6.92 Å². The van der Waals surface area contributed by atoms with Gasteiger partial charge in [-0.1, -0.05) is 12.1 Å². The molecule has 1 rings (SSSR count). The third-order valence-corrected chi connectivity index (χ3v) is 1.99. The number of hydrogen-bond donors (Lipinski definition) is 1. The van der Waals surface area contributed by atoms with Gasteiger partial charge in [0.2, 0.25) is 0 Å². The number of aryl methyl sites for hydroxylation is 1. The third-order valence-electron chi connectivity index (χ3n) is 1.99. The molecule has 0 aliphatic heterocycles. The van der Waals surface area contributed by atoms with E-state index in [1.54, 1.807) is 26.1 Å². The Kier molecular flexibility index (Phi) is 4.05. The fourth-order valence-electron chi connectivity index (χ4n) is 1.22. The highest BCUT2D eigenvalue weighted by molar-refractivity contribution is 5.51. The van der Waals surface area contributed by atoms with Crippen molar-refractivity contribution in [1.29, 1.82) is 0 Å². The largest absolute Gasteiger partial charge is 0.485 e. The Labute approximate surface area is 88.2 Å². The molecule has 0 fully saturated rings. The van der Waals surface area contributed by atoms with Crippen LogP contribution in [0.2, 0.25) is 0 Å². The zero-order valence-corrected chi connectivity index (χ0v) is 8.82. The molecule has 0 aromatic heterocycles. The average molecular weight is 210 g/mol. The topological polar surface area (TPSA) is 64.4 Å². The number of rotatable bonds is 5. The molecule has 1 N–H and O–H groups in total. The summed E-state index contributed by atoms with van der Waals surface area (Å²) in [5, 5.41) is 13.6. The maximum Gasteiger partial charge on any atom is 0.311 e. The molecule has 1 aromatic rings. The molecule has 0 heterocycles. The molecule has 0 aliphatic rings. The number of ether oxygens (including phenoxy) is 1. The predicted molar refractivity (Wildman–Crippen MR) is 57.3 cm³/mol. The second-order valence-electron chi connectivity index (χ2n) is 3.13. The molecule has 0 saturated carbocycles. The average Bonchev–Trinajstić information content (AvgIpc) is 2.20. The summed E-state index contributed by atoms with van der Waals surface area (Å²) in [6.45, 7) is 2.87. The number of nitrogens with one attached hydrogen (secondary N) is 1. The minimum atomic E-state index is -0.429. The van der Waals surface area contributed by atoms with Crippen molar-refractivity contribution in [3.8, 4) is 5.75 Å². The van der Waals surface area contributed by atoms with E-state index in [1.165, 1.54) is 6.07 Å². The Balaban J connectivity index is 2.87. The number of benzene rings is 1. The molecule has 0 radical (unpaired) electrons. The minimum Gasteiger partial charge on any atom is -0.485 e. The summed E-state index contributed by atoms with van der Waals surface area (Å²) in [7, 11) is 1.80. The minimum absolute atomic E-state index is 0.0195. The highest BCUT2D eigenvalue weighted by atomic mass is 16.6. The van der Waals surface area contributed by atoms with E-state index >= 15 is 0 Å². The molecule has 5 heteroatoms. The summed E-state index contributed by atoms with van der Waals surface area (Å²) < 4.78 is 5.37. The lowest BCUT2D eigenvalue weighted by Crippen LogP contribution is -2.16. The number of hydrogen-bond acceptors (Lipinski definition) is 4. The van der Waals surface area contributed by atoms with Crippen LogP contribution in [-0.2, 0) is 0 Å². The van der Waals surface area contributed by atoms with Crippen molar-refractivity contribution < 1.29 is 9.66 Å². The van der Waals surface area contributed by atoms with E-state index in [9.17, 15) is 10.1 Å². The van der Waals surface area contributed by atoms with Crippen molar-refractivity contribution in [2.24, 2.45) is 0 Å². The first kappa shape index (κ1) is 11.5. The first-order chi connectivity index (χ1) is 7.16. The molecular formula is C10H14N2O3. The van der Waals surface area contributed by atoms with Crippen LogP contribution in [0.25, 0.3) is 0 Å². The van der Waals surface area contributed by atoms with E-state index in [4.69, 9.17) is 4.74 Å². The lowest BCUT2D eigenvalue weighted by molar-refractivity contribution is -0.385. The maximum atomic E-state index is 10.7. The van der Waals surface area contributed by atoms with Gasteiger partial charge in [-0.05, 0) is 19.5 Å². The van der Waals surface area contributed by atoms with Crippen molar-refractivity contribution >= 4 is 5.69 Å². The Morgan fingerprint density at radius 1 is 1.53 bits per heavy atom. The summed E-state index contributed by atoms with van der Waals surface area (Å²) in [5.74, 6) is 0.359. The SMILES string of the molecule is CNCCOc1c(C)cccc1[N+](=O)[O-]. The van der Waals surface area contributed by atoms with Gasteiger partial charge < -0.3 is 10.1 Å². The van der Waals surface area contributed by atoms with Crippen LogP contribution in [0.5, 0.6) is 5.75 Å². The van der Waals surface area contributed by atoms with Gasteiger partial charge in [-0.25, -0.2) is 0 Å². The number of nitro groups is 1. The fourth-order valence-corrected chi connectivity index (χ4v) is 1.22. The third kappa shape index (κ3) is 2.92. The van der Waals surface area contributed by atoms with Gasteiger partial charge in [0.1, 0.15) is 6.61 Å². The zero-order valence-electron chi connectivity index (χ0n) is 8.82. The van der Waals surface area contributed by atoms with E-state index in [1.807, 2.05) is 0 Å². The fraction of sp³-hybridized carbons (Fsp3) is 0.400. The number of para-hydroxylation sites is 1. The van der Waals surface area contributed by atoms with Gasteiger partial charge in [0.05, 0.1) is 4.92 Å². The first-order valence-electron chi connectivity index (χ1n) is 4.68. The maximum absolute atomic E-state index is 10.7. The van der Waals surface area contributed by atoms with E-state index in [0.717, 1.165) is 5.56 Å². The Morgan fingerprint density at radius 3 is 2.87 bits per heavy atom. The molecule has 82 valence electrons. The van der Waals surface area contributed by atoms with Crippen LogP contribution < -0.4 is 10.1 Å². The normalized spacial score (nSPS) is 10.0. The van der Waals surface area contributed by atoms with Gasteiger partial charge in [-0.3, -0.25) is 10.1 Å². The molecule has 5 nitrogen and oxygen atoms in total. The Morgan fingerprint density at radius 2 is 2.27 bits per heavy atom. The molecule has 0 spiro atoms. The molecule has 1 aromatic carbocycles. The van der Waals surface area contributed by atoms with Crippen LogP contribution >= 0.6 is 0 Å². The lowest BCUT2D eigenvalue weighted by Gasteiger charge is -2.08. The molecule has 0 bridgehead atoms. The van der Waals surface area contributed by atoms with Crippen LogP contribution in [0.1, 0.15) is 5.56 Å². The standard InChI is InChI=1S/C10H14N2O3/c1-8-4-3-5-9(12(13)14)10(8)15-7-6-11-2/h3-5,11H,6-7H2,1-2H3. The summed E-state index contributed by atoms with van der Waals surface area (Å²) in [4.78, 5) is 10.3. The van der Waals surface area contributed by atoms with Crippen LogP contribution in [-0.4, -0.2) is 25.1 Å². The van der Waals surface area contributed by atoms with Gasteiger partial charge in [-0.2, -0.15) is 0 Å². The smallest absolute Gasteiger partial charge is 0.311 e. The first-order valence-corrected chi connectivity index (χ1v) is 4.68. The molecule has 0 amide bonds. The number of nitro benzene ring substituents is 1. The summed E-state index contributed by atoms with van der Waals surface area (Å²) in [6.07, 6.45) is 0. The summed E-state index contributed by atoms with van der Waals surface area (Å²) >= 11 is 0. The second kappa shape index (κ2) is 5.31. The lowest BCUT2D eigenvalue weighted by atomic mass is 10.2. The van der Waals surface area contributed by atoms with E-state index in [2.05, 4.69) is 5.32 Å². The van der Waals surface area contributed by atoms with Gasteiger partial charge in [-0.15, -0.1) is 0 Å². The quantitative estimate of drug-likeness (QED) is 0.454. The van der Waals surface area contributed by atoms with Crippen LogP contribution in [0, 0.1) is 17.0 Å². The van der Waals surface area contributed by atoms with Crippen molar-refractivity contribution in [1.82, 2.24) is 5.32 Å². The van der Waals surface area contributed by atoms with Gasteiger partial charge in [0.15, 0.2) is 5.75 Å². The van der Waals surface area contributed by atoms with Gasteiger partial charge in [0.25, 0.3) is 0 Å². The van der Waals surface area contributed by atoms with Crippen molar-refractivity contribution in [3.63, 3.8) is 0 Å². The van der Waals surface area contributed by atoms with Gasteiger partial charge >= 0.3 is 5.69 Å². The second-order valence-corrected chi connectivity index (χ2v) is 3.13. The van der Waals surface area contributed by atoms with E-state index < -0.39 is 4.92 Å². The summed E-state index contributed by atoms with van der Waals surface area (Å²) in [5.41, 5.74) is 0.798. The van der Waals surface area contributed by atoms with Crippen molar-refractivity contribution in [2.75, 3.05) is 20.2 Å². The monoisotopic (exact) mass is 210 g/mol.